The zero-order chi connectivity index (χ0) is 18.3. The number of anilines is 1. The van der Waals surface area contributed by atoms with Crippen LogP contribution in [0.2, 0.25) is 0 Å². The number of hydrogen-bond donors (Lipinski definition) is 0. The first-order valence-electron chi connectivity index (χ1n) is 8.78. The number of carbonyl (C=O) groups excluding carboxylic acids is 1. The number of carbonyl (C=O) groups is 1. The van der Waals surface area contributed by atoms with Crippen LogP contribution < -0.4 is 4.90 Å². The van der Waals surface area contributed by atoms with Gasteiger partial charge in [0.05, 0.1) is 12.5 Å². The monoisotopic (exact) mass is 350 g/mol. The van der Waals surface area contributed by atoms with Gasteiger partial charge in [-0.15, -0.1) is 0 Å². The normalized spacial score (nSPS) is 14.9. The number of imidazole rings is 1. The van der Waals surface area contributed by atoms with E-state index in [4.69, 9.17) is 4.98 Å². The fourth-order valence-corrected chi connectivity index (χ4v) is 3.46. The van der Waals surface area contributed by atoms with Crippen LogP contribution in [-0.4, -0.2) is 56.5 Å². The van der Waals surface area contributed by atoms with Gasteiger partial charge in [0, 0.05) is 44.3 Å². The molecule has 1 aliphatic heterocycles. The van der Waals surface area contributed by atoms with Gasteiger partial charge in [-0.2, -0.15) is 0 Å². The Morgan fingerprint density at radius 2 is 1.85 bits per heavy atom. The molecule has 1 aliphatic rings. The second-order valence-corrected chi connectivity index (χ2v) is 6.79. The van der Waals surface area contributed by atoms with Crippen LogP contribution in [0.25, 0.3) is 11.0 Å². The predicted molar refractivity (Wildman–Crippen MR) is 100 cm³/mol. The number of amides is 1. The summed E-state index contributed by atoms with van der Waals surface area (Å²) in [6, 6.07) is 6.21. The number of aromatic nitrogens is 4. The van der Waals surface area contributed by atoms with Gasteiger partial charge in [-0.1, -0.05) is 0 Å². The van der Waals surface area contributed by atoms with E-state index in [1.54, 1.807) is 17.1 Å². The summed E-state index contributed by atoms with van der Waals surface area (Å²) in [4.78, 5) is 30.0. The molecule has 0 N–H and O–H groups in total. The molecule has 0 aromatic carbocycles. The lowest BCUT2D eigenvalue weighted by molar-refractivity contribution is 0.0737. The fraction of sp³-hybridized carbons (Fsp3) is 0.368. The molecule has 7 heteroatoms. The number of fused-ring (bicyclic) bond motifs is 1. The van der Waals surface area contributed by atoms with E-state index in [1.165, 1.54) is 5.56 Å². The molecule has 1 saturated heterocycles. The summed E-state index contributed by atoms with van der Waals surface area (Å²) in [5.41, 5.74) is 3.58. The first kappa shape index (κ1) is 16.5. The van der Waals surface area contributed by atoms with E-state index in [1.807, 2.05) is 24.9 Å². The number of nitrogens with zero attached hydrogens (tertiary/aromatic N) is 6. The minimum Gasteiger partial charge on any atom is -0.353 e. The molecule has 0 unspecified atom stereocenters. The standard InChI is InChI=1S/C19H22N6O/c1-13-10-14(2)21-18-15(13)4-5-17(22-18)24-6-8-25(9-7-24)19(26)16-11-20-12-23(16)3/h4-5,10-12H,6-9H2,1-3H3. The minimum atomic E-state index is 0.0315. The lowest BCUT2D eigenvalue weighted by atomic mass is 10.1. The smallest absolute Gasteiger partial charge is 0.272 e. The van der Waals surface area contributed by atoms with Crippen LogP contribution in [0.1, 0.15) is 21.7 Å². The van der Waals surface area contributed by atoms with Crippen molar-refractivity contribution in [2.75, 3.05) is 31.1 Å². The number of aryl methyl sites for hydroxylation is 3. The van der Waals surface area contributed by atoms with Crippen molar-refractivity contribution in [2.24, 2.45) is 7.05 Å². The van der Waals surface area contributed by atoms with Gasteiger partial charge in [-0.3, -0.25) is 4.79 Å². The Morgan fingerprint density at radius 3 is 2.54 bits per heavy atom. The SMILES string of the molecule is Cc1cc(C)c2ccc(N3CCN(C(=O)c4cncn4C)CC3)nc2n1. The van der Waals surface area contributed by atoms with Gasteiger partial charge in [0.25, 0.3) is 5.91 Å². The highest BCUT2D eigenvalue weighted by Gasteiger charge is 2.24. The van der Waals surface area contributed by atoms with Crippen molar-refractivity contribution in [3.63, 3.8) is 0 Å². The molecule has 0 bridgehead atoms. The van der Waals surface area contributed by atoms with E-state index in [0.29, 0.717) is 18.8 Å². The van der Waals surface area contributed by atoms with E-state index in [-0.39, 0.29) is 5.91 Å². The minimum absolute atomic E-state index is 0.0315. The van der Waals surface area contributed by atoms with E-state index in [9.17, 15) is 4.79 Å². The lowest BCUT2D eigenvalue weighted by Gasteiger charge is -2.35. The molecular weight excluding hydrogens is 328 g/mol. The summed E-state index contributed by atoms with van der Waals surface area (Å²) in [5.74, 6) is 0.951. The zero-order valence-electron chi connectivity index (χ0n) is 15.3. The maximum atomic E-state index is 12.6. The Balaban J connectivity index is 1.50. The van der Waals surface area contributed by atoms with Crippen LogP contribution in [0, 0.1) is 13.8 Å². The van der Waals surface area contributed by atoms with Crippen LogP contribution >= 0.6 is 0 Å². The van der Waals surface area contributed by atoms with Crippen molar-refractivity contribution in [2.45, 2.75) is 13.8 Å². The molecule has 1 amide bonds. The summed E-state index contributed by atoms with van der Waals surface area (Å²) >= 11 is 0. The Hall–Kier alpha value is -2.96. The topological polar surface area (TPSA) is 67.2 Å². The summed E-state index contributed by atoms with van der Waals surface area (Å²) in [5, 5.41) is 1.09. The third kappa shape index (κ3) is 2.89. The summed E-state index contributed by atoms with van der Waals surface area (Å²) in [6.45, 7) is 6.93. The van der Waals surface area contributed by atoms with E-state index < -0.39 is 0 Å². The highest BCUT2D eigenvalue weighted by atomic mass is 16.2. The Labute approximate surface area is 152 Å². The third-order valence-electron chi connectivity index (χ3n) is 4.92. The van der Waals surface area contributed by atoms with Crippen molar-refractivity contribution in [1.82, 2.24) is 24.4 Å². The highest BCUT2D eigenvalue weighted by Crippen LogP contribution is 2.21. The predicted octanol–water partition coefficient (Wildman–Crippen LogP) is 1.94. The summed E-state index contributed by atoms with van der Waals surface area (Å²) < 4.78 is 1.76. The maximum Gasteiger partial charge on any atom is 0.272 e. The molecule has 4 rings (SSSR count). The molecule has 4 heterocycles. The van der Waals surface area contributed by atoms with Gasteiger partial charge >= 0.3 is 0 Å². The van der Waals surface area contributed by atoms with Gasteiger partial charge in [0.2, 0.25) is 0 Å². The third-order valence-corrected chi connectivity index (χ3v) is 4.92. The average molecular weight is 350 g/mol. The molecule has 1 fully saturated rings. The molecule has 0 aliphatic carbocycles. The van der Waals surface area contributed by atoms with Gasteiger partial charge in [-0.05, 0) is 37.6 Å². The molecule has 3 aromatic rings. The zero-order valence-corrected chi connectivity index (χ0v) is 15.3. The molecule has 0 saturated carbocycles. The largest absolute Gasteiger partial charge is 0.353 e. The van der Waals surface area contributed by atoms with Crippen molar-refractivity contribution in [1.29, 1.82) is 0 Å². The van der Waals surface area contributed by atoms with Crippen molar-refractivity contribution >= 4 is 22.8 Å². The second kappa shape index (κ2) is 6.40. The molecule has 0 radical (unpaired) electrons. The maximum absolute atomic E-state index is 12.6. The first-order chi connectivity index (χ1) is 12.5. The van der Waals surface area contributed by atoms with Crippen molar-refractivity contribution < 1.29 is 4.79 Å². The molecule has 0 atom stereocenters. The molecule has 26 heavy (non-hydrogen) atoms. The summed E-state index contributed by atoms with van der Waals surface area (Å²) in [6.07, 6.45) is 3.27. The van der Waals surface area contributed by atoms with Gasteiger partial charge < -0.3 is 14.4 Å². The van der Waals surface area contributed by atoms with Gasteiger partial charge in [-0.25, -0.2) is 15.0 Å². The van der Waals surface area contributed by atoms with E-state index in [0.717, 1.165) is 35.6 Å². The van der Waals surface area contributed by atoms with Crippen LogP contribution in [0.15, 0.2) is 30.7 Å². The Kier molecular flexibility index (Phi) is 4.06. The Bertz CT molecular complexity index is 971. The fourth-order valence-electron chi connectivity index (χ4n) is 3.46. The molecule has 134 valence electrons. The van der Waals surface area contributed by atoms with E-state index >= 15 is 0 Å². The van der Waals surface area contributed by atoms with Gasteiger partial charge in [0.1, 0.15) is 11.5 Å². The molecule has 0 spiro atoms. The number of piperazine rings is 1. The lowest BCUT2D eigenvalue weighted by Crippen LogP contribution is -2.49. The van der Waals surface area contributed by atoms with Crippen LogP contribution in [0.3, 0.4) is 0 Å². The second-order valence-electron chi connectivity index (χ2n) is 6.79. The average Bonchev–Trinajstić information content (AvgIpc) is 3.06. The molecule has 3 aromatic heterocycles. The summed E-state index contributed by atoms with van der Waals surface area (Å²) in [7, 11) is 1.84. The van der Waals surface area contributed by atoms with Crippen LogP contribution in [-0.2, 0) is 7.05 Å². The van der Waals surface area contributed by atoms with Crippen LogP contribution in [0.5, 0.6) is 0 Å². The number of hydrogen-bond acceptors (Lipinski definition) is 5. The molecule has 7 nitrogen and oxygen atoms in total. The van der Waals surface area contributed by atoms with Gasteiger partial charge in [0.15, 0.2) is 5.65 Å². The number of pyridine rings is 2. The quantitative estimate of drug-likeness (QED) is 0.707. The highest BCUT2D eigenvalue weighted by molar-refractivity contribution is 5.92. The van der Waals surface area contributed by atoms with E-state index in [2.05, 4.69) is 33.9 Å². The first-order valence-corrected chi connectivity index (χ1v) is 8.78. The molecular formula is C19H22N6O. The number of rotatable bonds is 2. The van der Waals surface area contributed by atoms with Crippen LogP contribution in [0.4, 0.5) is 5.82 Å². The van der Waals surface area contributed by atoms with Crippen molar-refractivity contribution in [3.8, 4) is 0 Å². The Morgan fingerprint density at radius 1 is 1.08 bits per heavy atom. The van der Waals surface area contributed by atoms with Crippen molar-refractivity contribution in [3.05, 3.63) is 47.7 Å².